The molecule has 0 amide bonds. The van der Waals surface area contributed by atoms with E-state index in [9.17, 15) is 4.79 Å². The number of aliphatic carboxylic acids is 1. The van der Waals surface area contributed by atoms with Gasteiger partial charge in [0, 0.05) is 5.92 Å². The van der Waals surface area contributed by atoms with E-state index < -0.39 is 18.0 Å². The maximum Gasteiger partial charge on any atom is 0.309 e. The van der Waals surface area contributed by atoms with Crippen molar-refractivity contribution in [2.24, 2.45) is 5.92 Å². The number of carboxylic acids is 1. The SMILES string of the molecule is CCC(C(=O)O)C(OO)[C](C)C. The van der Waals surface area contributed by atoms with Crippen LogP contribution >= 0.6 is 0 Å². The first-order chi connectivity index (χ1) is 5.54. The van der Waals surface area contributed by atoms with Gasteiger partial charge in [-0.3, -0.25) is 10.1 Å². The van der Waals surface area contributed by atoms with Gasteiger partial charge in [0.15, 0.2) is 0 Å². The average Bonchev–Trinajstić information content (AvgIpc) is 1.98. The third-order valence-electron chi connectivity index (χ3n) is 1.81. The molecule has 4 heteroatoms. The largest absolute Gasteiger partial charge is 0.481 e. The van der Waals surface area contributed by atoms with Gasteiger partial charge in [-0.25, -0.2) is 4.89 Å². The molecule has 1 radical (unpaired) electrons. The van der Waals surface area contributed by atoms with E-state index in [1.807, 2.05) is 0 Å². The van der Waals surface area contributed by atoms with Gasteiger partial charge in [-0.2, -0.15) is 0 Å². The first-order valence-corrected chi connectivity index (χ1v) is 3.87. The van der Waals surface area contributed by atoms with Gasteiger partial charge >= 0.3 is 5.97 Å². The first kappa shape index (κ1) is 11.4. The molecule has 0 bridgehead atoms. The number of rotatable bonds is 5. The van der Waals surface area contributed by atoms with Crippen LogP contribution < -0.4 is 0 Å². The Kier molecular flexibility index (Phi) is 4.85. The van der Waals surface area contributed by atoms with E-state index in [0.29, 0.717) is 6.42 Å². The zero-order chi connectivity index (χ0) is 9.72. The van der Waals surface area contributed by atoms with Crippen molar-refractivity contribution in [3.05, 3.63) is 5.92 Å². The number of hydrogen-bond acceptors (Lipinski definition) is 3. The monoisotopic (exact) mass is 175 g/mol. The van der Waals surface area contributed by atoms with E-state index in [1.54, 1.807) is 20.8 Å². The molecule has 0 spiro atoms. The Labute approximate surface area is 72.1 Å². The highest BCUT2D eigenvalue weighted by Gasteiger charge is 2.30. The molecule has 71 valence electrons. The molecular weight excluding hydrogens is 160 g/mol. The van der Waals surface area contributed by atoms with Crippen LogP contribution in [0.15, 0.2) is 0 Å². The lowest BCUT2D eigenvalue weighted by Gasteiger charge is -2.22. The second-order valence-corrected chi connectivity index (χ2v) is 2.96. The normalized spacial score (nSPS) is 16.1. The van der Waals surface area contributed by atoms with Crippen molar-refractivity contribution < 1.29 is 20.0 Å². The second-order valence-electron chi connectivity index (χ2n) is 2.96. The molecule has 0 aromatic rings. The standard InChI is InChI=1S/C8H15O4/c1-4-6(8(9)10)7(12-11)5(2)3/h6-7,11H,4H2,1-3H3,(H,9,10). The van der Waals surface area contributed by atoms with Gasteiger partial charge in [0.25, 0.3) is 0 Å². The molecule has 4 nitrogen and oxygen atoms in total. The smallest absolute Gasteiger partial charge is 0.309 e. The van der Waals surface area contributed by atoms with Crippen LogP contribution in [0.25, 0.3) is 0 Å². The van der Waals surface area contributed by atoms with Crippen molar-refractivity contribution in [3.8, 4) is 0 Å². The molecule has 0 saturated heterocycles. The molecule has 12 heavy (non-hydrogen) atoms. The van der Waals surface area contributed by atoms with E-state index >= 15 is 0 Å². The van der Waals surface area contributed by atoms with Gasteiger partial charge in [-0.05, 0) is 6.42 Å². The molecular formula is C8H15O4. The summed E-state index contributed by atoms with van der Waals surface area (Å²) in [6.07, 6.45) is -0.265. The fraction of sp³-hybridized carbons (Fsp3) is 0.750. The molecule has 0 rings (SSSR count). The highest BCUT2D eigenvalue weighted by Crippen LogP contribution is 2.20. The molecule has 2 N–H and O–H groups in total. The lowest BCUT2D eigenvalue weighted by molar-refractivity contribution is -0.284. The Morgan fingerprint density at radius 3 is 2.08 bits per heavy atom. The zero-order valence-corrected chi connectivity index (χ0v) is 7.57. The van der Waals surface area contributed by atoms with Gasteiger partial charge in [0.2, 0.25) is 0 Å². The Bertz CT molecular complexity index is 144. The highest BCUT2D eigenvalue weighted by molar-refractivity contribution is 5.71. The molecule has 0 saturated carbocycles. The molecule has 0 aliphatic rings. The van der Waals surface area contributed by atoms with Crippen molar-refractivity contribution in [1.82, 2.24) is 0 Å². The van der Waals surface area contributed by atoms with Crippen LogP contribution in [0.5, 0.6) is 0 Å². The molecule has 2 atom stereocenters. The summed E-state index contributed by atoms with van der Waals surface area (Å²) >= 11 is 0. The predicted molar refractivity (Wildman–Crippen MR) is 43.5 cm³/mol. The van der Waals surface area contributed by atoms with Crippen LogP contribution in [-0.4, -0.2) is 22.4 Å². The van der Waals surface area contributed by atoms with E-state index in [4.69, 9.17) is 10.4 Å². The topological polar surface area (TPSA) is 66.8 Å². The van der Waals surface area contributed by atoms with Crippen LogP contribution in [0.3, 0.4) is 0 Å². The summed E-state index contributed by atoms with van der Waals surface area (Å²) in [4.78, 5) is 14.7. The maximum absolute atomic E-state index is 10.6. The molecule has 2 unspecified atom stereocenters. The summed E-state index contributed by atoms with van der Waals surface area (Å²) in [5.74, 6) is -0.857. The Hall–Kier alpha value is -0.610. The van der Waals surface area contributed by atoms with Crippen molar-refractivity contribution in [3.63, 3.8) is 0 Å². The van der Waals surface area contributed by atoms with Crippen LogP contribution in [0.2, 0.25) is 0 Å². The van der Waals surface area contributed by atoms with Crippen LogP contribution in [-0.2, 0) is 9.68 Å². The lowest BCUT2D eigenvalue weighted by atomic mass is 9.91. The molecule has 0 aromatic carbocycles. The third-order valence-corrected chi connectivity index (χ3v) is 1.81. The van der Waals surface area contributed by atoms with E-state index in [0.717, 1.165) is 5.92 Å². The average molecular weight is 175 g/mol. The predicted octanol–water partition coefficient (Wildman–Crippen LogP) is 1.57. The molecule has 0 aromatic heterocycles. The minimum Gasteiger partial charge on any atom is -0.481 e. The summed E-state index contributed by atoms with van der Waals surface area (Å²) in [5, 5.41) is 17.2. The van der Waals surface area contributed by atoms with Crippen molar-refractivity contribution >= 4 is 5.97 Å². The molecule has 0 heterocycles. The third kappa shape index (κ3) is 2.79. The molecule has 0 fully saturated rings. The second kappa shape index (κ2) is 5.11. The Balaban J connectivity index is 4.33. The summed E-state index contributed by atoms with van der Waals surface area (Å²) < 4.78 is 0. The van der Waals surface area contributed by atoms with E-state index in [1.165, 1.54) is 0 Å². The first-order valence-electron chi connectivity index (χ1n) is 3.87. The quantitative estimate of drug-likeness (QED) is 0.491. The fourth-order valence-electron chi connectivity index (χ4n) is 1.10. The summed E-state index contributed by atoms with van der Waals surface area (Å²) in [6.45, 7) is 5.20. The van der Waals surface area contributed by atoms with Crippen molar-refractivity contribution in [1.29, 1.82) is 0 Å². The van der Waals surface area contributed by atoms with Crippen molar-refractivity contribution in [2.75, 3.05) is 0 Å². The van der Waals surface area contributed by atoms with Gasteiger partial charge in [0.1, 0.15) is 6.10 Å². The highest BCUT2D eigenvalue weighted by atomic mass is 17.1. The lowest BCUT2D eigenvalue weighted by Crippen LogP contribution is -2.32. The van der Waals surface area contributed by atoms with Crippen LogP contribution in [0.4, 0.5) is 0 Å². The van der Waals surface area contributed by atoms with Gasteiger partial charge < -0.3 is 5.11 Å². The number of carbonyl (C=O) groups is 1. The van der Waals surface area contributed by atoms with Crippen LogP contribution in [0, 0.1) is 11.8 Å². The van der Waals surface area contributed by atoms with Gasteiger partial charge in [-0.1, -0.05) is 20.8 Å². The van der Waals surface area contributed by atoms with E-state index in [2.05, 4.69) is 4.89 Å². The van der Waals surface area contributed by atoms with Gasteiger partial charge in [-0.15, -0.1) is 0 Å². The van der Waals surface area contributed by atoms with Crippen molar-refractivity contribution in [2.45, 2.75) is 33.3 Å². The zero-order valence-electron chi connectivity index (χ0n) is 7.57. The Morgan fingerprint density at radius 1 is 1.50 bits per heavy atom. The molecule has 0 aliphatic carbocycles. The summed E-state index contributed by atoms with van der Waals surface area (Å²) in [7, 11) is 0. The summed E-state index contributed by atoms with van der Waals surface area (Å²) in [6, 6.07) is 0. The van der Waals surface area contributed by atoms with Gasteiger partial charge in [0.05, 0.1) is 5.92 Å². The van der Waals surface area contributed by atoms with E-state index in [-0.39, 0.29) is 0 Å². The summed E-state index contributed by atoms with van der Waals surface area (Å²) in [5.41, 5.74) is 0. The maximum atomic E-state index is 10.6. The minimum absolute atomic E-state index is 0.436. The number of hydrogen-bond donors (Lipinski definition) is 2. The minimum atomic E-state index is -0.947. The molecule has 0 aliphatic heterocycles. The fourth-order valence-corrected chi connectivity index (χ4v) is 1.10. The number of carboxylic acid groups (broad SMARTS) is 1. The Morgan fingerprint density at radius 2 is 2.00 bits per heavy atom. The van der Waals surface area contributed by atoms with Crippen LogP contribution in [0.1, 0.15) is 27.2 Å².